The van der Waals surface area contributed by atoms with Crippen molar-refractivity contribution in [2.24, 2.45) is 0 Å². The van der Waals surface area contributed by atoms with Crippen molar-refractivity contribution in [3.05, 3.63) is 27.9 Å². The molecule has 2 rings (SSSR count). The summed E-state index contributed by atoms with van der Waals surface area (Å²) < 4.78 is 0. The Morgan fingerprint density at radius 2 is 2.47 bits per heavy atom. The summed E-state index contributed by atoms with van der Waals surface area (Å²) in [6.45, 7) is 2.95. The van der Waals surface area contributed by atoms with E-state index in [-0.39, 0.29) is 5.56 Å². The van der Waals surface area contributed by atoms with Gasteiger partial charge in [0.15, 0.2) is 0 Å². The molecule has 4 nitrogen and oxygen atoms in total. The zero-order valence-corrected chi connectivity index (χ0v) is 9.05. The van der Waals surface area contributed by atoms with Crippen LogP contribution in [0.4, 0.5) is 0 Å². The first-order valence-corrected chi connectivity index (χ1v) is 5.54. The van der Waals surface area contributed by atoms with Crippen molar-refractivity contribution in [3.8, 4) is 0 Å². The minimum Gasteiger partial charge on any atom is -0.314 e. The van der Waals surface area contributed by atoms with E-state index in [0.29, 0.717) is 11.9 Å². The summed E-state index contributed by atoms with van der Waals surface area (Å²) in [5.41, 5.74) is 0.863. The number of aromatic nitrogens is 2. The summed E-state index contributed by atoms with van der Waals surface area (Å²) in [6, 6.07) is 2.22. The molecule has 0 aromatic carbocycles. The Hall–Kier alpha value is -1.16. The van der Waals surface area contributed by atoms with Crippen LogP contribution in [0.2, 0.25) is 0 Å². The Bertz CT molecular complexity index is 380. The Balaban J connectivity index is 1.95. The fourth-order valence-electron chi connectivity index (χ4n) is 2.09. The van der Waals surface area contributed by atoms with E-state index in [0.717, 1.165) is 25.1 Å². The van der Waals surface area contributed by atoms with Crippen LogP contribution in [0.15, 0.2) is 10.9 Å². The van der Waals surface area contributed by atoms with Gasteiger partial charge in [0.1, 0.15) is 5.82 Å². The molecule has 1 aromatic rings. The molecule has 1 aliphatic rings. The fourth-order valence-corrected chi connectivity index (χ4v) is 2.09. The molecule has 0 spiro atoms. The van der Waals surface area contributed by atoms with Gasteiger partial charge in [-0.1, -0.05) is 0 Å². The first-order chi connectivity index (χ1) is 7.24. The maximum absolute atomic E-state index is 11.2. The molecule has 15 heavy (non-hydrogen) atoms. The van der Waals surface area contributed by atoms with E-state index in [1.807, 2.05) is 6.92 Å². The van der Waals surface area contributed by atoms with Crippen LogP contribution in [0, 0.1) is 6.92 Å². The lowest BCUT2D eigenvalue weighted by atomic mass is 10.1. The molecular formula is C11H17N3O. The van der Waals surface area contributed by atoms with Crippen molar-refractivity contribution < 1.29 is 0 Å². The Morgan fingerprint density at radius 3 is 3.13 bits per heavy atom. The Labute approximate surface area is 89.1 Å². The van der Waals surface area contributed by atoms with E-state index in [1.54, 1.807) is 6.07 Å². The largest absolute Gasteiger partial charge is 0.314 e. The van der Waals surface area contributed by atoms with Crippen molar-refractivity contribution in [2.75, 3.05) is 6.54 Å². The zero-order chi connectivity index (χ0) is 10.7. The third kappa shape index (κ3) is 2.89. The first kappa shape index (κ1) is 10.4. The molecule has 2 heterocycles. The Kier molecular flexibility index (Phi) is 3.16. The highest BCUT2D eigenvalue weighted by atomic mass is 16.1. The maximum atomic E-state index is 11.2. The smallest absolute Gasteiger partial charge is 0.251 e. The molecule has 2 N–H and O–H groups in total. The minimum absolute atomic E-state index is 0.0446. The fraction of sp³-hybridized carbons (Fsp3) is 0.636. The van der Waals surface area contributed by atoms with Gasteiger partial charge in [-0.2, -0.15) is 0 Å². The monoisotopic (exact) mass is 207 g/mol. The average molecular weight is 207 g/mol. The normalized spacial score (nSPS) is 20.7. The topological polar surface area (TPSA) is 57.8 Å². The van der Waals surface area contributed by atoms with E-state index in [1.165, 1.54) is 12.8 Å². The van der Waals surface area contributed by atoms with Crippen molar-refractivity contribution >= 4 is 0 Å². The van der Waals surface area contributed by atoms with Crippen LogP contribution in [0.25, 0.3) is 0 Å². The molecule has 4 heteroatoms. The average Bonchev–Trinajstić information content (AvgIpc) is 2.65. The van der Waals surface area contributed by atoms with Gasteiger partial charge in [0.05, 0.1) is 0 Å². The highest BCUT2D eigenvalue weighted by Gasteiger charge is 2.13. The van der Waals surface area contributed by atoms with Crippen LogP contribution >= 0.6 is 0 Å². The summed E-state index contributed by atoms with van der Waals surface area (Å²) in [6.07, 6.45) is 4.49. The van der Waals surface area contributed by atoms with Crippen LogP contribution in [0.3, 0.4) is 0 Å². The number of rotatable bonds is 3. The summed E-state index contributed by atoms with van der Waals surface area (Å²) in [5.74, 6) is 0.705. The van der Waals surface area contributed by atoms with Crippen molar-refractivity contribution in [1.82, 2.24) is 15.3 Å². The first-order valence-electron chi connectivity index (χ1n) is 5.54. The standard InChI is InChI=1S/C11H17N3O/c1-8-13-10(7-11(15)14-8)5-4-9-3-2-6-12-9/h7,9,12H,2-6H2,1H3,(H,13,14,15). The van der Waals surface area contributed by atoms with Crippen LogP contribution in [-0.4, -0.2) is 22.6 Å². The molecule has 0 saturated carbocycles. The van der Waals surface area contributed by atoms with Gasteiger partial charge < -0.3 is 10.3 Å². The second-order valence-corrected chi connectivity index (χ2v) is 4.15. The molecule has 0 bridgehead atoms. The van der Waals surface area contributed by atoms with E-state index < -0.39 is 0 Å². The van der Waals surface area contributed by atoms with E-state index >= 15 is 0 Å². The summed E-state index contributed by atoms with van der Waals surface area (Å²) in [5, 5.41) is 3.44. The van der Waals surface area contributed by atoms with Gasteiger partial charge in [-0.15, -0.1) is 0 Å². The van der Waals surface area contributed by atoms with Crippen molar-refractivity contribution in [1.29, 1.82) is 0 Å². The zero-order valence-electron chi connectivity index (χ0n) is 9.05. The van der Waals surface area contributed by atoms with Crippen molar-refractivity contribution in [2.45, 2.75) is 38.6 Å². The molecule has 1 aliphatic heterocycles. The van der Waals surface area contributed by atoms with Gasteiger partial charge in [-0.05, 0) is 39.2 Å². The number of aromatic amines is 1. The number of nitrogens with zero attached hydrogens (tertiary/aromatic N) is 1. The summed E-state index contributed by atoms with van der Waals surface area (Å²) >= 11 is 0. The van der Waals surface area contributed by atoms with E-state index in [2.05, 4.69) is 15.3 Å². The van der Waals surface area contributed by atoms with Gasteiger partial charge in [-0.3, -0.25) is 4.79 Å². The second-order valence-electron chi connectivity index (χ2n) is 4.15. The minimum atomic E-state index is -0.0446. The molecule has 1 atom stereocenters. The second kappa shape index (κ2) is 4.57. The van der Waals surface area contributed by atoms with Gasteiger partial charge >= 0.3 is 0 Å². The van der Waals surface area contributed by atoms with Gasteiger partial charge in [0.2, 0.25) is 0 Å². The van der Waals surface area contributed by atoms with Gasteiger partial charge in [-0.25, -0.2) is 4.98 Å². The lowest BCUT2D eigenvalue weighted by Crippen LogP contribution is -2.22. The van der Waals surface area contributed by atoms with Crippen LogP contribution in [0.1, 0.15) is 30.8 Å². The predicted octanol–water partition coefficient (Wildman–Crippen LogP) is 0.763. The molecule has 0 radical (unpaired) electrons. The lowest BCUT2D eigenvalue weighted by molar-refractivity contribution is 0.554. The number of aryl methyl sites for hydroxylation is 2. The maximum Gasteiger partial charge on any atom is 0.251 e. The Morgan fingerprint density at radius 1 is 1.60 bits per heavy atom. The summed E-state index contributed by atoms with van der Waals surface area (Å²) in [7, 11) is 0. The summed E-state index contributed by atoms with van der Waals surface area (Å²) in [4.78, 5) is 18.2. The number of hydrogen-bond donors (Lipinski definition) is 2. The molecular weight excluding hydrogens is 190 g/mol. The number of nitrogens with one attached hydrogen (secondary N) is 2. The van der Waals surface area contributed by atoms with Crippen LogP contribution < -0.4 is 10.9 Å². The number of hydrogen-bond acceptors (Lipinski definition) is 3. The van der Waals surface area contributed by atoms with E-state index in [4.69, 9.17) is 0 Å². The predicted molar refractivity (Wildman–Crippen MR) is 58.9 cm³/mol. The third-order valence-corrected chi connectivity index (χ3v) is 2.82. The highest BCUT2D eigenvalue weighted by Crippen LogP contribution is 2.10. The molecule has 0 amide bonds. The third-order valence-electron chi connectivity index (χ3n) is 2.82. The van der Waals surface area contributed by atoms with Crippen LogP contribution in [-0.2, 0) is 6.42 Å². The van der Waals surface area contributed by atoms with Gasteiger partial charge in [0.25, 0.3) is 5.56 Å². The van der Waals surface area contributed by atoms with Crippen LogP contribution in [0.5, 0.6) is 0 Å². The molecule has 1 fully saturated rings. The van der Waals surface area contributed by atoms with Crippen molar-refractivity contribution in [3.63, 3.8) is 0 Å². The molecule has 82 valence electrons. The molecule has 1 saturated heterocycles. The lowest BCUT2D eigenvalue weighted by Gasteiger charge is -2.08. The highest BCUT2D eigenvalue weighted by molar-refractivity contribution is 5.02. The SMILES string of the molecule is Cc1nc(CCC2CCCN2)cc(=O)[nH]1. The molecule has 0 aliphatic carbocycles. The van der Waals surface area contributed by atoms with Gasteiger partial charge in [0, 0.05) is 17.8 Å². The molecule has 1 aromatic heterocycles. The van der Waals surface area contributed by atoms with E-state index in [9.17, 15) is 4.79 Å². The molecule has 1 unspecified atom stereocenters. The quantitative estimate of drug-likeness (QED) is 0.769. The number of H-pyrrole nitrogens is 1.